The molecule has 0 aliphatic rings. The lowest BCUT2D eigenvalue weighted by atomic mass is 10.3. The van der Waals surface area contributed by atoms with Gasteiger partial charge in [0.2, 0.25) is 0 Å². The summed E-state index contributed by atoms with van der Waals surface area (Å²) in [7, 11) is 0. The van der Waals surface area contributed by atoms with Gasteiger partial charge < -0.3 is 5.73 Å². The first-order chi connectivity index (χ1) is 8.31. The summed E-state index contributed by atoms with van der Waals surface area (Å²) in [6.45, 7) is 3.53. The normalized spacial score (nSPS) is 12.7. The maximum Gasteiger partial charge on any atom is 0.401 e. The number of nitrogens with zero attached hydrogens (tertiary/aromatic N) is 3. The van der Waals surface area contributed by atoms with Gasteiger partial charge in [-0.1, -0.05) is 0 Å². The van der Waals surface area contributed by atoms with Crippen LogP contribution in [0.4, 0.5) is 13.2 Å². The van der Waals surface area contributed by atoms with Gasteiger partial charge in [0.1, 0.15) is 0 Å². The molecule has 1 aromatic rings. The van der Waals surface area contributed by atoms with Crippen molar-refractivity contribution in [3.8, 4) is 0 Å². The van der Waals surface area contributed by atoms with Crippen molar-refractivity contribution in [2.45, 2.75) is 32.6 Å². The van der Waals surface area contributed by atoms with Crippen LogP contribution in [0.5, 0.6) is 0 Å². The molecule has 2 N–H and O–H groups in total. The lowest BCUT2D eigenvalue weighted by Crippen LogP contribution is -2.37. The summed E-state index contributed by atoms with van der Waals surface area (Å²) in [5, 5.41) is 4.23. The first-order valence-corrected chi connectivity index (χ1v) is 5.85. The summed E-state index contributed by atoms with van der Waals surface area (Å²) < 4.78 is 38.8. The van der Waals surface area contributed by atoms with Crippen LogP contribution in [0, 0.1) is 0 Å². The first-order valence-electron chi connectivity index (χ1n) is 5.85. The fourth-order valence-corrected chi connectivity index (χ4v) is 1.63. The van der Waals surface area contributed by atoms with E-state index < -0.39 is 12.7 Å². The van der Waals surface area contributed by atoms with Crippen LogP contribution >= 0.6 is 0 Å². The third-order valence-corrected chi connectivity index (χ3v) is 2.43. The summed E-state index contributed by atoms with van der Waals surface area (Å²) in [5.74, 6) is 0. The second-order valence-corrected chi connectivity index (χ2v) is 4.50. The molecule has 0 unspecified atom stereocenters. The Bertz CT molecular complexity index is 359. The van der Waals surface area contributed by atoms with Gasteiger partial charge in [-0.3, -0.25) is 9.58 Å². The molecule has 1 aromatic heterocycles. The van der Waals surface area contributed by atoms with E-state index in [9.17, 15) is 13.2 Å². The molecule has 1 rings (SSSR count). The number of hydrogen-bond acceptors (Lipinski definition) is 3. The van der Waals surface area contributed by atoms with E-state index in [-0.39, 0.29) is 25.7 Å². The van der Waals surface area contributed by atoms with Crippen LogP contribution in [0.25, 0.3) is 0 Å². The summed E-state index contributed by atoms with van der Waals surface area (Å²) in [6.07, 6.45) is -2.44. The lowest BCUT2D eigenvalue weighted by Gasteiger charge is -2.21. The minimum absolute atomic E-state index is 0.163. The third-order valence-electron chi connectivity index (χ3n) is 2.43. The number of nitrogens with two attached hydrogens (primary N) is 1. The Labute approximate surface area is 105 Å². The first kappa shape index (κ1) is 15.0. The van der Waals surface area contributed by atoms with Gasteiger partial charge >= 0.3 is 6.18 Å². The Morgan fingerprint density at radius 1 is 1.44 bits per heavy atom. The van der Waals surface area contributed by atoms with Crippen LogP contribution in [-0.2, 0) is 6.54 Å². The smallest absolute Gasteiger partial charge is 0.329 e. The largest absolute Gasteiger partial charge is 0.401 e. The molecule has 104 valence electrons. The molecule has 0 saturated carbocycles. The molecule has 1 heterocycles. The highest BCUT2D eigenvalue weighted by Crippen LogP contribution is 2.17. The van der Waals surface area contributed by atoms with E-state index in [1.807, 2.05) is 13.8 Å². The Kier molecular flexibility index (Phi) is 5.15. The van der Waals surface area contributed by atoms with Crippen molar-refractivity contribution < 1.29 is 13.2 Å². The molecular formula is C11H19F3N4. The maximum absolute atomic E-state index is 12.4. The van der Waals surface area contributed by atoms with Gasteiger partial charge in [-0.05, 0) is 19.9 Å². The van der Waals surface area contributed by atoms with E-state index in [0.717, 1.165) is 0 Å². The average molecular weight is 264 g/mol. The zero-order valence-electron chi connectivity index (χ0n) is 10.6. The highest BCUT2D eigenvalue weighted by Gasteiger charge is 2.30. The molecule has 0 amide bonds. The monoisotopic (exact) mass is 264 g/mol. The lowest BCUT2D eigenvalue weighted by molar-refractivity contribution is -0.146. The fourth-order valence-electron chi connectivity index (χ4n) is 1.63. The van der Waals surface area contributed by atoms with Crippen LogP contribution in [0.2, 0.25) is 0 Å². The highest BCUT2D eigenvalue weighted by molar-refractivity contribution is 4.99. The van der Waals surface area contributed by atoms with E-state index in [1.54, 1.807) is 16.9 Å². The molecule has 0 atom stereocenters. The van der Waals surface area contributed by atoms with Crippen molar-refractivity contribution >= 4 is 0 Å². The standard InChI is InChI=1S/C11H19F3N4/c1-9(2)18-5-3-10(16-18)7-17(6-4-15)8-11(12,13)14/h3,5,9H,4,6-8,15H2,1-2H3. The van der Waals surface area contributed by atoms with E-state index in [4.69, 9.17) is 5.73 Å². The number of alkyl halides is 3. The number of halogens is 3. The van der Waals surface area contributed by atoms with Crippen molar-refractivity contribution in [1.82, 2.24) is 14.7 Å². The van der Waals surface area contributed by atoms with E-state index in [2.05, 4.69) is 5.10 Å². The summed E-state index contributed by atoms with van der Waals surface area (Å²) >= 11 is 0. The second-order valence-electron chi connectivity index (χ2n) is 4.50. The molecule has 0 spiro atoms. The number of rotatable bonds is 6. The molecule has 4 nitrogen and oxygen atoms in total. The van der Waals surface area contributed by atoms with Crippen LogP contribution < -0.4 is 5.73 Å². The Hall–Kier alpha value is -1.08. The molecule has 0 aliphatic carbocycles. The van der Waals surface area contributed by atoms with E-state index in [0.29, 0.717) is 5.69 Å². The molecule has 0 aliphatic heterocycles. The Balaban J connectivity index is 2.64. The minimum Gasteiger partial charge on any atom is -0.329 e. The molecule has 18 heavy (non-hydrogen) atoms. The number of aromatic nitrogens is 2. The topological polar surface area (TPSA) is 47.1 Å². The van der Waals surface area contributed by atoms with Crippen molar-refractivity contribution in [2.75, 3.05) is 19.6 Å². The molecule has 0 radical (unpaired) electrons. The second kappa shape index (κ2) is 6.19. The summed E-state index contributed by atoms with van der Waals surface area (Å²) in [6, 6.07) is 1.93. The fraction of sp³-hybridized carbons (Fsp3) is 0.727. The van der Waals surface area contributed by atoms with Crippen LogP contribution in [0.15, 0.2) is 12.3 Å². The molecule has 7 heteroatoms. The van der Waals surface area contributed by atoms with Gasteiger partial charge in [-0.15, -0.1) is 0 Å². The summed E-state index contributed by atoms with van der Waals surface area (Å²) in [4.78, 5) is 1.26. The van der Waals surface area contributed by atoms with Crippen LogP contribution in [-0.4, -0.2) is 40.5 Å². The minimum atomic E-state index is -4.21. The van der Waals surface area contributed by atoms with E-state index >= 15 is 0 Å². The van der Waals surface area contributed by atoms with Gasteiger partial charge in [0, 0.05) is 31.9 Å². The molecular weight excluding hydrogens is 245 g/mol. The maximum atomic E-state index is 12.4. The molecule has 0 bridgehead atoms. The van der Waals surface area contributed by atoms with Crippen molar-refractivity contribution in [3.05, 3.63) is 18.0 Å². The van der Waals surface area contributed by atoms with E-state index in [1.165, 1.54) is 4.90 Å². The van der Waals surface area contributed by atoms with Gasteiger partial charge in [0.25, 0.3) is 0 Å². The Morgan fingerprint density at radius 3 is 2.56 bits per heavy atom. The van der Waals surface area contributed by atoms with Crippen molar-refractivity contribution in [1.29, 1.82) is 0 Å². The van der Waals surface area contributed by atoms with Gasteiger partial charge in [0.15, 0.2) is 0 Å². The van der Waals surface area contributed by atoms with Crippen LogP contribution in [0.1, 0.15) is 25.6 Å². The molecule has 0 aromatic carbocycles. The Morgan fingerprint density at radius 2 is 2.11 bits per heavy atom. The molecule has 0 saturated heterocycles. The van der Waals surface area contributed by atoms with Crippen LogP contribution in [0.3, 0.4) is 0 Å². The van der Waals surface area contributed by atoms with Crippen molar-refractivity contribution in [2.24, 2.45) is 5.73 Å². The highest BCUT2D eigenvalue weighted by atomic mass is 19.4. The van der Waals surface area contributed by atoms with Crippen molar-refractivity contribution in [3.63, 3.8) is 0 Å². The van der Waals surface area contributed by atoms with Gasteiger partial charge in [-0.2, -0.15) is 18.3 Å². The SMILES string of the molecule is CC(C)n1ccc(CN(CCN)CC(F)(F)F)n1. The number of hydrogen-bond donors (Lipinski definition) is 1. The zero-order valence-corrected chi connectivity index (χ0v) is 10.6. The quantitative estimate of drug-likeness (QED) is 0.852. The third kappa shape index (κ3) is 5.05. The average Bonchev–Trinajstić information content (AvgIpc) is 2.64. The van der Waals surface area contributed by atoms with Gasteiger partial charge in [-0.25, -0.2) is 0 Å². The summed E-state index contributed by atoms with van der Waals surface area (Å²) in [5.41, 5.74) is 5.95. The predicted octanol–water partition coefficient (Wildman–Crippen LogP) is 1.79. The van der Waals surface area contributed by atoms with Gasteiger partial charge in [0.05, 0.1) is 12.2 Å². The molecule has 0 fully saturated rings. The predicted molar refractivity (Wildman–Crippen MR) is 63.0 cm³/mol. The zero-order chi connectivity index (χ0) is 13.8.